The van der Waals surface area contributed by atoms with Crippen LogP contribution < -0.4 is 4.74 Å². The average Bonchev–Trinajstić information content (AvgIpc) is 2.93. The second-order valence-corrected chi connectivity index (χ2v) is 6.15. The van der Waals surface area contributed by atoms with E-state index in [4.69, 9.17) is 4.74 Å². The van der Waals surface area contributed by atoms with Gasteiger partial charge in [-0.1, -0.05) is 30.3 Å². The molecule has 1 aromatic heterocycles. The Labute approximate surface area is 153 Å². The van der Waals surface area contributed by atoms with Crippen LogP contribution in [-0.4, -0.2) is 22.7 Å². The molecule has 0 aliphatic rings. The molecular weight excluding hydrogens is 324 g/mol. The summed E-state index contributed by atoms with van der Waals surface area (Å²) in [6.45, 7) is 4.71. The highest BCUT2D eigenvalue weighted by atomic mass is 16.5. The van der Waals surface area contributed by atoms with E-state index in [1.165, 1.54) is 5.56 Å². The summed E-state index contributed by atoms with van der Waals surface area (Å²) in [5, 5.41) is 4.62. The summed E-state index contributed by atoms with van der Waals surface area (Å²) in [4.78, 5) is 12.4. The maximum atomic E-state index is 12.4. The standard InChI is InChI=1S/C22H22N2O2/c1-16-21(13-14-22(25)19-9-11-20(26-3)12-10-19)17(2)24(23-16)15-18-7-5-4-6-8-18/h4-14H,15H2,1-3H3/b14-13+. The molecule has 2 aromatic carbocycles. The normalized spacial score (nSPS) is 11.0. The number of allylic oxidation sites excluding steroid dienone is 1. The molecule has 0 bridgehead atoms. The lowest BCUT2D eigenvalue weighted by atomic mass is 10.1. The average molecular weight is 346 g/mol. The molecular formula is C22H22N2O2. The van der Waals surface area contributed by atoms with Gasteiger partial charge in [0.25, 0.3) is 0 Å². The third kappa shape index (κ3) is 3.91. The number of methoxy groups -OCH3 is 1. The van der Waals surface area contributed by atoms with Gasteiger partial charge in [-0.15, -0.1) is 0 Å². The first-order valence-corrected chi connectivity index (χ1v) is 8.53. The van der Waals surface area contributed by atoms with Crippen molar-refractivity contribution in [1.82, 2.24) is 9.78 Å². The molecule has 1 heterocycles. The van der Waals surface area contributed by atoms with Gasteiger partial charge in [0.15, 0.2) is 5.78 Å². The first-order chi connectivity index (χ1) is 12.6. The number of ketones is 1. The molecule has 132 valence electrons. The molecule has 0 saturated heterocycles. The minimum Gasteiger partial charge on any atom is -0.497 e. The van der Waals surface area contributed by atoms with Crippen molar-refractivity contribution in [3.63, 3.8) is 0 Å². The highest BCUT2D eigenvalue weighted by Crippen LogP contribution is 2.18. The van der Waals surface area contributed by atoms with E-state index in [9.17, 15) is 4.79 Å². The van der Waals surface area contributed by atoms with Crippen molar-refractivity contribution < 1.29 is 9.53 Å². The highest BCUT2D eigenvalue weighted by Gasteiger charge is 2.10. The fourth-order valence-electron chi connectivity index (χ4n) is 2.87. The molecule has 0 aliphatic heterocycles. The summed E-state index contributed by atoms with van der Waals surface area (Å²) in [5.41, 5.74) is 4.78. The number of aryl methyl sites for hydroxylation is 1. The van der Waals surface area contributed by atoms with Crippen LogP contribution in [0.15, 0.2) is 60.7 Å². The fraction of sp³-hybridized carbons (Fsp3) is 0.182. The molecule has 4 nitrogen and oxygen atoms in total. The molecule has 4 heteroatoms. The number of carbonyl (C=O) groups is 1. The van der Waals surface area contributed by atoms with Crippen molar-refractivity contribution >= 4 is 11.9 Å². The number of nitrogens with zero attached hydrogens (tertiary/aromatic N) is 2. The van der Waals surface area contributed by atoms with Crippen LogP contribution in [-0.2, 0) is 6.54 Å². The fourth-order valence-corrected chi connectivity index (χ4v) is 2.87. The molecule has 3 aromatic rings. The van der Waals surface area contributed by atoms with Crippen molar-refractivity contribution in [3.8, 4) is 5.75 Å². The lowest BCUT2D eigenvalue weighted by Gasteiger charge is -2.04. The smallest absolute Gasteiger partial charge is 0.185 e. The first-order valence-electron chi connectivity index (χ1n) is 8.53. The molecule has 3 rings (SSSR count). The summed E-state index contributed by atoms with van der Waals surface area (Å²) in [5.74, 6) is 0.696. The van der Waals surface area contributed by atoms with E-state index in [1.54, 1.807) is 37.5 Å². The van der Waals surface area contributed by atoms with Crippen molar-refractivity contribution in [2.45, 2.75) is 20.4 Å². The SMILES string of the molecule is COc1ccc(C(=O)/C=C/c2c(C)nn(Cc3ccccc3)c2C)cc1. The first kappa shape index (κ1) is 17.7. The second kappa shape index (κ2) is 7.83. The summed E-state index contributed by atoms with van der Waals surface area (Å²) >= 11 is 0. The van der Waals surface area contributed by atoms with E-state index in [1.807, 2.05) is 42.8 Å². The monoisotopic (exact) mass is 346 g/mol. The molecule has 0 saturated carbocycles. The third-order valence-electron chi connectivity index (χ3n) is 4.39. The van der Waals surface area contributed by atoms with E-state index >= 15 is 0 Å². The number of ether oxygens (including phenoxy) is 1. The number of benzene rings is 2. The van der Waals surface area contributed by atoms with Gasteiger partial charge in [-0.2, -0.15) is 5.10 Å². The topological polar surface area (TPSA) is 44.1 Å². The van der Waals surface area contributed by atoms with Gasteiger partial charge < -0.3 is 4.74 Å². The Morgan fingerprint density at radius 1 is 1.08 bits per heavy atom. The summed E-state index contributed by atoms with van der Waals surface area (Å²) in [6, 6.07) is 17.3. The van der Waals surface area contributed by atoms with Crippen molar-refractivity contribution in [3.05, 3.63) is 88.8 Å². The van der Waals surface area contributed by atoms with E-state index in [0.29, 0.717) is 12.1 Å². The van der Waals surface area contributed by atoms with Crippen LogP contribution in [0, 0.1) is 13.8 Å². The largest absolute Gasteiger partial charge is 0.497 e. The van der Waals surface area contributed by atoms with Gasteiger partial charge in [0.2, 0.25) is 0 Å². The minimum absolute atomic E-state index is 0.0396. The predicted octanol–water partition coefficient (Wildman–Crippen LogP) is 4.45. The predicted molar refractivity (Wildman–Crippen MR) is 104 cm³/mol. The van der Waals surface area contributed by atoms with Crippen LogP contribution in [0.2, 0.25) is 0 Å². The van der Waals surface area contributed by atoms with Gasteiger partial charge in [-0.05, 0) is 55.8 Å². The second-order valence-electron chi connectivity index (χ2n) is 6.15. The van der Waals surface area contributed by atoms with E-state index < -0.39 is 0 Å². The Morgan fingerprint density at radius 2 is 1.77 bits per heavy atom. The van der Waals surface area contributed by atoms with Gasteiger partial charge in [-0.3, -0.25) is 9.48 Å². The lowest BCUT2D eigenvalue weighted by Crippen LogP contribution is -2.03. The molecule has 26 heavy (non-hydrogen) atoms. The van der Waals surface area contributed by atoms with Gasteiger partial charge >= 0.3 is 0 Å². The molecule has 0 aliphatic carbocycles. The Bertz CT molecular complexity index is 923. The number of hydrogen-bond donors (Lipinski definition) is 0. The van der Waals surface area contributed by atoms with E-state index in [-0.39, 0.29) is 5.78 Å². The highest BCUT2D eigenvalue weighted by molar-refractivity contribution is 6.06. The van der Waals surface area contributed by atoms with Crippen LogP contribution in [0.4, 0.5) is 0 Å². The van der Waals surface area contributed by atoms with Gasteiger partial charge in [0, 0.05) is 16.8 Å². The van der Waals surface area contributed by atoms with Crippen LogP contribution in [0.3, 0.4) is 0 Å². The van der Waals surface area contributed by atoms with Gasteiger partial charge in [0.1, 0.15) is 5.75 Å². The van der Waals surface area contributed by atoms with Crippen molar-refractivity contribution in [1.29, 1.82) is 0 Å². The van der Waals surface area contributed by atoms with Crippen molar-refractivity contribution in [2.75, 3.05) is 7.11 Å². The molecule has 0 unspecified atom stereocenters. The molecule has 0 amide bonds. The Kier molecular flexibility index (Phi) is 5.32. The quantitative estimate of drug-likeness (QED) is 0.489. The zero-order valence-electron chi connectivity index (χ0n) is 15.3. The zero-order valence-corrected chi connectivity index (χ0v) is 15.3. The molecule has 0 spiro atoms. The Morgan fingerprint density at radius 3 is 2.42 bits per heavy atom. The van der Waals surface area contributed by atoms with Crippen molar-refractivity contribution in [2.24, 2.45) is 0 Å². The number of hydrogen-bond acceptors (Lipinski definition) is 3. The Hall–Kier alpha value is -3.14. The number of rotatable bonds is 6. The van der Waals surface area contributed by atoms with E-state index in [2.05, 4.69) is 17.2 Å². The lowest BCUT2D eigenvalue weighted by molar-refractivity contribution is 0.104. The van der Waals surface area contributed by atoms with Crippen LogP contribution in [0.25, 0.3) is 6.08 Å². The van der Waals surface area contributed by atoms with Crippen LogP contribution in [0.1, 0.15) is 32.9 Å². The number of carbonyl (C=O) groups excluding carboxylic acids is 1. The van der Waals surface area contributed by atoms with Gasteiger partial charge in [-0.25, -0.2) is 0 Å². The Balaban J connectivity index is 1.78. The maximum absolute atomic E-state index is 12.4. The molecule has 0 radical (unpaired) electrons. The molecule has 0 fully saturated rings. The summed E-state index contributed by atoms with van der Waals surface area (Å²) < 4.78 is 7.10. The maximum Gasteiger partial charge on any atom is 0.185 e. The molecule has 0 atom stereocenters. The molecule has 0 N–H and O–H groups in total. The third-order valence-corrected chi connectivity index (χ3v) is 4.39. The van der Waals surface area contributed by atoms with Crippen LogP contribution in [0.5, 0.6) is 5.75 Å². The number of aromatic nitrogens is 2. The zero-order chi connectivity index (χ0) is 18.5. The minimum atomic E-state index is -0.0396. The summed E-state index contributed by atoms with van der Waals surface area (Å²) in [7, 11) is 1.61. The van der Waals surface area contributed by atoms with Gasteiger partial charge in [0.05, 0.1) is 19.3 Å². The van der Waals surface area contributed by atoms with Crippen LogP contribution >= 0.6 is 0 Å². The van der Waals surface area contributed by atoms with E-state index in [0.717, 1.165) is 22.7 Å². The summed E-state index contributed by atoms with van der Waals surface area (Å²) in [6.07, 6.45) is 3.46.